The first-order chi connectivity index (χ1) is 16.2. The van der Waals surface area contributed by atoms with Gasteiger partial charge in [0.1, 0.15) is 23.6 Å². The van der Waals surface area contributed by atoms with Crippen molar-refractivity contribution in [3.8, 4) is 0 Å². The Bertz CT molecular complexity index is 1310. The summed E-state index contributed by atoms with van der Waals surface area (Å²) in [5.41, 5.74) is 0.450. The van der Waals surface area contributed by atoms with Crippen LogP contribution >= 0.6 is 12.2 Å². The van der Waals surface area contributed by atoms with Gasteiger partial charge in [0.2, 0.25) is 10.0 Å². The summed E-state index contributed by atoms with van der Waals surface area (Å²) in [6.07, 6.45) is 8.36. The lowest BCUT2D eigenvalue weighted by molar-refractivity contribution is -0.167. The molecular weight excluding hydrogens is 479 g/mol. The third-order valence-corrected chi connectivity index (χ3v) is 8.03. The first kappa shape index (κ1) is 24.2. The Morgan fingerprint density at radius 1 is 1.26 bits per heavy atom. The summed E-state index contributed by atoms with van der Waals surface area (Å²) in [6, 6.07) is 8.06. The number of rotatable bonds is 7. The number of carbonyl (C=O) groups is 1. The van der Waals surface area contributed by atoms with Gasteiger partial charge in [-0.3, -0.25) is 4.79 Å². The molecule has 2 heterocycles. The van der Waals surface area contributed by atoms with Crippen LogP contribution in [0.1, 0.15) is 31.2 Å². The van der Waals surface area contributed by atoms with Crippen LogP contribution in [-0.2, 0) is 25.2 Å². The van der Waals surface area contributed by atoms with E-state index in [1.165, 1.54) is 0 Å². The summed E-state index contributed by atoms with van der Waals surface area (Å²) in [7, 11) is -2.29. The number of nitrogens with zero attached hydrogens (tertiary/aromatic N) is 2. The van der Waals surface area contributed by atoms with Crippen LogP contribution in [0.4, 0.5) is 4.39 Å². The highest BCUT2D eigenvalue weighted by atomic mass is 32.2. The third kappa shape index (κ3) is 4.82. The number of aromatic nitrogens is 2. The van der Waals surface area contributed by atoms with E-state index in [2.05, 4.69) is 15.0 Å². The molecule has 34 heavy (non-hydrogen) atoms. The first-order valence-corrected chi connectivity index (χ1v) is 12.8. The van der Waals surface area contributed by atoms with Crippen molar-refractivity contribution in [2.45, 2.75) is 36.2 Å². The standard InChI is InChI=1S/C23H25FN4O4S2/c1-25-22(33)19-4-2-3-11-23(19,16-5-10-20-26-12-13-28(20)15-16)32-21(29)14-27-34(30,31)18-8-6-17(24)7-9-18/h5-10,12-13,15,19,27H,2-4,11,14H2,1H3,(H,25,33). The molecule has 0 bridgehead atoms. The minimum Gasteiger partial charge on any atom is -0.452 e. The lowest BCUT2D eigenvalue weighted by atomic mass is 9.71. The summed E-state index contributed by atoms with van der Waals surface area (Å²) >= 11 is 5.59. The summed E-state index contributed by atoms with van der Waals surface area (Å²) in [5.74, 6) is -1.57. The fourth-order valence-corrected chi connectivity index (χ4v) is 5.72. The van der Waals surface area contributed by atoms with Gasteiger partial charge in [-0.25, -0.2) is 17.8 Å². The first-order valence-electron chi connectivity index (χ1n) is 10.9. The third-order valence-electron chi connectivity index (χ3n) is 6.12. The van der Waals surface area contributed by atoms with Gasteiger partial charge >= 0.3 is 5.97 Å². The monoisotopic (exact) mass is 504 g/mol. The van der Waals surface area contributed by atoms with Crippen LogP contribution in [0.2, 0.25) is 0 Å². The molecule has 8 nitrogen and oxygen atoms in total. The number of sulfonamides is 1. The summed E-state index contributed by atoms with van der Waals surface area (Å²) in [6.45, 7) is -0.576. The molecule has 180 valence electrons. The van der Waals surface area contributed by atoms with Crippen molar-refractivity contribution in [2.75, 3.05) is 13.6 Å². The molecule has 11 heteroatoms. The second-order valence-corrected chi connectivity index (χ2v) is 10.4. The quantitative estimate of drug-likeness (QED) is 0.377. The van der Waals surface area contributed by atoms with Gasteiger partial charge in [0.25, 0.3) is 0 Å². The summed E-state index contributed by atoms with van der Waals surface area (Å²) in [4.78, 5) is 17.7. The lowest BCUT2D eigenvalue weighted by Crippen LogP contribution is -2.49. The number of hydrogen-bond acceptors (Lipinski definition) is 6. The number of nitrogens with one attached hydrogen (secondary N) is 2. The maximum absolute atomic E-state index is 13.2. The SMILES string of the molecule is CNC(=S)C1CCCCC1(OC(=O)CNS(=O)(=O)c1ccc(F)cc1)c1ccc2nccn2c1. The van der Waals surface area contributed by atoms with Crippen molar-refractivity contribution in [1.29, 1.82) is 0 Å². The number of benzene rings is 1. The average molecular weight is 505 g/mol. The van der Waals surface area contributed by atoms with E-state index in [9.17, 15) is 17.6 Å². The van der Waals surface area contributed by atoms with Gasteiger partial charge in [0.05, 0.1) is 15.8 Å². The zero-order valence-electron chi connectivity index (χ0n) is 18.5. The number of halogens is 1. The van der Waals surface area contributed by atoms with Gasteiger partial charge in [0.15, 0.2) is 0 Å². The van der Waals surface area contributed by atoms with Crippen LogP contribution in [0.25, 0.3) is 5.65 Å². The topological polar surface area (TPSA) is 102 Å². The molecule has 3 aromatic rings. The van der Waals surface area contributed by atoms with Crippen LogP contribution in [0.3, 0.4) is 0 Å². The Kier molecular flexibility index (Phi) is 6.96. The molecule has 2 aromatic heterocycles. The average Bonchev–Trinajstić information content (AvgIpc) is 3.31. The van der Waals surface area contributed by atoms with E-state index in [1.54, 1.807) is 19.4 Å². The summed E-state index contributed by atoms with van der Waals surface area (Å²) in [5, 5.41) is 3.03. The van der Waals surface area contributed by atoms with Crippen LogP contribution in [0.15, 0.2) is 59.9 Å². The lowest BCUT2D eigenvalue weighted by Gasteiger charge is -2.44. The zero-order chi connectivity index (χ0) is 24.3. The fraction of sp³-hybridized carbons (Fsp3) is 0.348. The molecule has 0 aliphatic heterocycles. The predicted molar refractivity (Wildman–Crippen MR) is 128 cm³/mol. The Morgan fingerprint density at radius 2 is 2.03 bits per heavy atom. The molecule has 1 saturated carbocycles. The number of thiocarbonyl (C=S) groups is 1. The van der Waals surface area contributed by atoms with E-state index >= 15 is 0 Å². The van der Waals surface area contributed by atoms with Crippen molar-refractivity contribution in [3.63, 3.8) is 0 Å². The van der Waals surface area contributed by atoms with E-state index in [-0.39, 0.29) is 10.8 Å². The van der Waals surface area contributed by atoms with Crippen LogP contribution < -0.4 is 10.0 Å². The molecule has 1 aromatic carbocycles. The molecule has 2 unspecified atom stereocenters. The Labute approximate surface area is 202 Å². The van der Waals surface area contributed by atoms with Gasteiger partial charge in [-0.05, 0) is 55.7 Å². The number of imidazole rings is 1. The highest BCUT2D eigenvalue weighted by molar-refractivity contribution is 7.89. The molecule has 2 N–H and O–H groups in total. The van der Waals surface area contributed by atoms with Gasteiger partial charge in [-0.1, -0.05) is 18.6 Å². The second kappa shape index (κ2) is 9.77. The van der Waals surface area contributed by atoms with E-state index in [0.717, 1.165) is 54.7 Å². The van der Waals surface area contributed by atoms with Gasteiger partial charge in [-0.2, -0.15) is 4.72 Å². The summed E-state index contributed by atoms with van der Waals surface area (Å²) < 4.78 is 48.4. The van der Waals surface area contributed by atoms with E-state index < -0.39 is 34.0 Å². The highest BCUT2D eigenvalue weighted by Crippen LogP contribution is 2.45. The van der Waals surface area contributed by atoms with Crippen molar-refractivity contribution in [2.24, 2.45) is 5.92 Å². The maximum Gasteiger partial charge on any atom is 0.321 e. The Morgan fingerprint density at radius 3 is 2.76 bits per heavy atom. The molecule has 2 atom stereocenters. The van der Waals surface area contributed by atoms with Gasteiger partial charge < -0.3 is 14.5 Å². The molecular formula is C23H25FN4O4S2. The minimum absolute atomic E-state index is 0.145. The maximum atomic E-state index is 13.2. The molecule has 0 spiro atoms. The zero-order valence-corrected chi connectivity index (χ0v) is 20.2. The van der Waals surface area contributed by atoms with Crippen LogP contribution in [-0.4, -0.2) is 42.4 Å². The van der Waals surface area contributed by atoms with Crippen molar-refractivity contribution >= 4 is 38.8 Å². The predicted octanol–water partition coefficient (Wildman–Crippen LogP) is 2.93. The molecule has 0 saturated heterocycles. The van der Waals surface area contributed by atoms with E-state index in [4.69, 9.17) is 17.0 Å². The van der Waals surface area contributed by atoms with E-state index in [1.807, 2.05) is 22.7 Å². The minimum atomic E-state index is -4.02. The Balaban J connectivity index is 1.62. The number of carbonyl (C=O) groups excluding carboxylic acids is 1. The number of hydrogen-bond donors (Lipinski definition) is 2. The van der Waals surface area contributed by atoms with Crippen molar-refractivity contribution in [1.82, 2.24) is 19.4 Å². The normalized spacial score (nSPS) is 20.7. The smallest absolute Gasteiger partial charge is 0.321 e. The molecule has 1 fully saturated rings. The number of pyridine rings is 1. The van der Waals surface area contributed by atoms with Gasteiger partial charge in [-0.15, -0.1) is 0 Å². The van der Waals surface area contributed by atoms with Gasteiger partial charge in [0, 0.05) is 31.2 Å². The fourth-order valence-electron chi connectivity index (χ4n) is 4.45. The molecule has 1 aliphatic rings. The number of fused-ring (bicyclic) bond motifs is 1. The Hall–Kier alpha value is -2.89. The number of ether oxygens (including phenoxy) is 1. The van der Waals surface area contributed by atoms with E-state index in [0.29, 0.717) is 11.4 Å². The van der Waals surface area contributed by atoms with Crippen LogP contribution in [0, 0.1) is 11.7 Å². The number of esters is 1. The highest BCUT2D eigenvalue weighted by Gasteiger charge is 2.48. The van der Waals surface area contributed by atoms with Crippen molar-refractivity contribution < 1.29 is 22.3 Å². The van der Waals surface area contributed by atoms with Crippen molar-refractivity contribution in [3.05, 3.63) is 66.4 Å². The second-order valence-electron chi connectivity index (χ2n) is 8.17. The molecule has 0 amide bonds. The largest absolute Gasteiger partial charge is 0.452 e. The molecule has 4 rings (SSSR count). The molecule has 0 radical (unpaired) electrons. The molecule has 1 aliphatic carbocycles. The van der Waals surface area contributed by atoms with Crippen LogP contribution in [0.5, 0.6) is 0 Å².